The lowest BCUT2D eigenvalue weighted by Crippen LogP contribution is -2.25. The van der Waals surface area contributed by atoms with E-state index in [-0.39, 0.29) is 30.5 Å². The quantitative estimate of drug-likeness (QED) is 0.634. The monoisotopic (exact) mass is 419 g/mol. The highest BCUT2D eigenvalue weighted by Gasteiger charge is 2.36. The van der Waals surface area contributed by atoms with E-state index in [1.54, 1.807) is 0 Å². The van der Waals surface area contributed by atoms with E-state index in [2.05, 4.69) is 26.1 Å². The Kier molecular flexibility index (Phi) is 4.28. The third-order valence-corrected chi connectivity index (χ3v) is 4.75. The number of anilines is 1. The van der Waals surface area contributed by atoms with Gasteiger partial charge in [0.1, 0.15) is 11.6 Å². The van der Waals surface area contributed by atoms with E-state index in [0.717, 1.165) is 22.2 Å². The molecule has 0 aliphatic carbocycles. The Balaban J connectivity index is 1.56. The lowest BCUT2D eigenvalue weighted by atomic mass is 10.1. The Hall–Kier alpha value is -2.61. The first-order valence-electron chi connectivity index (χ1n) is 7.86. The van der Waals surface area contributed by atoms with E-state index in [0.29, 0.717) is 11.7 Å². The SMILES string of the molecule is O=C1CC(c2nc(-c3ccc(Br)cc3)no2)CN1c1ccc(F)cc1F. The average molecular weight is 420 g/mol. The number of aromatic nitrogens is 2. The zero-order valence-corrected chi connectivity index (χ0v) is 14.9. The molecule has 3 aromatic rings. The van der Waals surface area contributed by atoms with Crippen molar-refractivity contribution in [3.63, 3.8) is 0 Å². The maximum atomic E-state index is 14.0. The Morgan fingerprint density at radius 2 is 1.92 bits per heavy atom. The summed E-state index contributed by atoms with van der Waals surface area (Å²) in [7, 11) is 0. The van der Waals surface area contributed by atoms with E-state index in [1.165, 1.54) is 11.0 Å². The van der Waals surface area contributed by atoms with Gasteiger partial charge in [0.15, 0.2) is 0 Å². The van der Waals surface area contributed by atoms with Gasteiger partial charge in [-0.2, -0.15) is 4.98 Å². The van der Waals surface area contributed by atoms with Gasteiger partial charge in [-0.1, -0.05) is 21.1 Å². The first kappa shape index (κ1) is 16.8. The van der Waals surface area contributed by atoms with Crippen LogP contribution in [0.4, 0.5) is 14.5 Å². The van der Waals surface area contributed by atoms with E-state index < -0.39 is 11.6 Å². The van der Waals surface area contributed by atoms with Crippen LogP contribution in [0.2, 0.25) is 0 Å². The van der Waals surface area contributed by atoms with Gasteiger partial charge in [0, 0.05) is 29.1 Å². The number of carbonyl (C=O) groups is 1. The normalized spacial score (nSPS) is 17.1. The Labute approximate surface area is 155 Å². The van der Waals surface area contributed by atoms with Crippen molar-refractivity contribution in [3.8, 4) is 11.4 Å². The van der Waals surface area contributed by atoms with Crippen molar-refractivity contribution in [2.24, 2.45) is 0 Å². The molecule has 1 aliphatic heterocycles. The second kappa shape index (κ2) is 6.60. The van der Waals surface area contributed by atoms with Crippen molar-refractivity contribution < 1.29 is 18.1 Å². The summed E-state index contributed by atoms with van der Waals surface area (Å²) in [5.74, 6) is -1.34. The highest BCUT2D eigenvalue weighted by Crippen LogP contribution is 2.33. The molecule has 1 aliphatic rings. The Morgan fingerprint density at radius 3 is 2.65 bits per heavy atom. The summed E-state index contributed by atoms with van der Waals surface area (Å²) in [6.07, 6.45) is 0.124. The molecular weight excluding hydrogens is 408 g/mol. The number of amides is 1. The number of benzene rings is 2. The largest absolute Gasteiger partial charge is 0.339 e. The molecule has 1 amide bonds. The van der Waals surface area contributed by atoms with Gasteiger partial charge in [0.2, 0.25) is 17.6 Å². The van der Waals surface area contributed by atoms with Crippen molar-refractivity contribution >= 4 is 27.5 Å². The topological polar surface area (TPSA) is 59.2 Å². The van der Waals surface area contributed by atoms with E-state index in [1.807, 2.05) is 24.3 Å². The van der Waals surface area contributed by atoms with Crippen LogP contribution in [-0.2, 0) is 4.79 Å². The van der Waals surface area contributed by atoms with Gasteiger partial charge in [-0.05, 0) is 36.4 Å². The van der Waals surface area contributed by atoms with Crippen LogP contribution in [-0.4, -0.2) is 22.6 Å². The van der Waals surface area contributed by atoms with Crippen LogP contribution in [0.15, 0.2) is 51.5 Å². The molecule has 4 rings (SSSR count). The molecule has 0 bridgehead atoms. The van der Waals surface area contributed by atoms with Crippen molar-refractivity contribution in [1.82, 2.24) is 10.1 Å². The van der Waals surface area contributed by atoms with Gasteiger partial charge < -0.3 is 9.42 Å². The molecular formula is C18H12BrF2N3O2. The third-order valence-electron chi connectivity index (χ3n) is 4.22. The molecule has 132 valence electrons. The van der Waals surface area contributed by atoms with Crippen LogP contribution in [0, 0.1) is 11.6 Å². The predicted molar refractivity (Wildman–Crippen MR) is 93.5 cm³/mol. The Bertz CT molecular complexity index is 975. The van der Waals surface area contributed by atoms with Crippen LogP contribution in [0.25, 0.3) is 11.4 Å². The second-order valence-corrected chi connectivity index (χ2v) is 6.88. The third kappa shape index (κ3) is 3.12. The van der Waals surface area contributed by atoms with Crippen LogP contribution in [0.1, 0.15) is 18.2 Å². The van der Waals surface area contributed by atoms with Crippen molar-refractivity contribution in [2.75, 3.05) is 11.4 Å². The van der Waals surface area contributed by atoms with Gasteiger partial charge in [0.25, 0.3) is 0 Å². The zero-order chi connectivity index (χ0) is 18.3. The fourth-order valence-electron chi connectivity index (χ4n) is 2.92. The van der Waals surface area contributed by atoms with Gasteiger partial charge >= 0.3 is 0 Å². The fourth-order valence-corrected chi connectivity index (χ4v) is 3.19. The summed E-state index contributed by atoms with van der Waals surface area (Å²) < 4.78 is 33.3. The van der Waals surface area contributed by atoms with Gasteiger partial charge in [-0.15, -0.1) is 0 Å². The highest BCUT2D eigenvalue weighted by atomic mass is 79.9. The van der Waals surface area contributed by atoms with Crippen molar-refractivity contribution in [1.29, 1.82) is 0 Å². The molecule has 5 nitrogen and oxygen atoms in total. The lowest BCUT2D eigenvalue weighted by molar-refractivity contribution is -0.117. The van der Waals surface area contributed by atoms with Crippen molar-refractivity contribution in [2.45, 2.75) is 12.3 Å². The first-order valence-corrected chi connectivity index (χ1v) is 8.65. The van der Waals surface area contributed by atoms with Gasteiger partial charge in [-0.3, -0.25) is 4.79 Å². The molecule has 1 aromatic heterocycles. The molecule has 0 N–H and O–H groups in total. The number of nitrogens with zero attached hydrogens (tertiary/aromatic N) is 3. The molecule has 1 fully saturated rings. The van der Waals surface area contributed by atoms with Gasteiger partial charge in [-0.25, -0.2) is 8.78 Å². The molecule has 2 aromatic carbocycles. The summed E-state index contributed by atoms with van der Waals surface area (Å²) in [5, 5.41) is 3.96. The summed E-state index contributed by atoms with van der Waals surface area (Å²) in [5.41, 5.74) is 0.834. The summed E-state index contributed by atoms with van der Waals surface area (Å²) in [6, 6.07) is 10.6. The molecule has 0 radical (unpaired) electrons. The minimum Gasteiger partial charge on any atom is -0.339 e. The van der Waals surface area contributed by atoms with E-state index in [9.17, 15) is 13.6 Å². The predicted octanol–water partition coefficient (Wildman–Crippen LogP) is 4.30. The van der Waals surface area contributed by atoms with E-state index >= 15 is 0 Å². The van der Waals surface area contributed by atoms with Crippen LogP contribution < -0.4 is 4.90 Å². The smallest absolute Gasteiger partial charge is 0.232 e. The zero-order valence-electron chi connectivity index (χ0n) is 13.3. The standard InChI is InChI=1S/C18H12BrF2N3O2/c19-12-3-1-10(2-4-12)17-22-18(26-23-17)11-7-16(25)24(9-11)15-6-5-13(20)8-14(15)21/h1-6,8,11H,7,9H2. The van der Waals surface area contributed by atoms with Gasteiger partial charge in [0.05, 0.1) is 11.6 Å². The summed E-state index contributed by atoms with van der Waals surface area (Å²) in [4.78, 5) is 17.9. The Morgan fingerprint density at radius 1 is 1.15 bits per heavy atom. The fraction of sp³-hybridized carbons (Fsp3) is 0.167. The molecule has 0 spiro atoms. The lowest BCUT2D eigenvalue weighted by Gasteiger charge is -2.16. The number of carbonyl (C=O) groups excluding carboxylic acids is 1. The number of rotatable bonds is 3. The average Bonchev–Trinajstić information content (AvgIpc) is 3.23. The highest BCUT2D eigenvalue weighted by molar-refractivity contribution is 9.10. The summed E-state index contributed by atoms with van der Waals surface area (Å²) in [6.45, 7) is 0.198. The molecule has 1 atom stereocenters. The van der Waals surface area contributed by atoms with Crippen LogP contribution in [0.3, 0.4) is 0 Å². The first-order chi connectivity index (χ1) is 12.5. The van der Waals surface area contributed by atoms with Crippen LogP contribution in [0.5, 0.6) is 0 Å². The maximum absolute atomic E-state index is 14.0. The molecule has 1 unspecified atom stereocenters. The maximum Gasteiger partial charge on any atom is 0.232 e. The number of halogens is 3. The number of hydrogen-bond donors (Lipinski definition) is 0. The van der Waals surface area contributed by atoms with E-state index in [4.69, 9.17) is 4.52 Å². The second-order valence-electron chi connectivity index (χ2n) is 5.96. The molecule has 26 heavy (non-hydrogen) atoms. The van der Waals surface area contributed by atoms with Crippen LogP contribution >= 0.6 is 15.9 Å². The molecule has 1 saturated heterocycles. The summed E-state index contributed by atoms with van der Waals surface area (Å²) >= 11 is 3.36. The molecule has 8 heteroatoms. The minimum atomic E-state index is -0.778. The van der Waals surface area contributed by atoms with Crippen molar-refractivity contribution in [3.05, 3.63) is 64.5 Å². The molecule has 2 heterocycles. The number of hydrogen-bond acceptors (Lipinski definition) is 4. The minimum absolute atomic E-state index is 0.0477. The molecule has 0 saturated carbocycles.